The highest BCUT2D eigenvalue weighted by Gasteiger charge is 2.16. The van der Waals surface area contributed by atoms with E-state index in [1.54, 1.807) is 13.2 Å². The van der Waals surface area contributed by atoms with E-state index >= 15 is 0 Å². The second-order valence-corrected chi connectivity index (χ2v) is 6.24. The number of hydrogen-bond donors (Lipinski definition) is 3. The number of methoxy groups -OCH3 is 1. The first-order valence-electron chi connectivity index (χ1n) is 8.64. The van der Waals surface area contributed by atoms with Crippen molar-refractivity contribution in [2.24, 2.45) is 0 Å². The van der Waals surface area contributed by atoms with Crippen molar-refractivity contribution in [1.29, 1.82) is 0 Å². The summed E-state index contributed by atoms with van der Waals surface area (Å²) in [4.78, 5) is 12.4. The Morgan fingerprint density at radius 1 is 1.22 bits per heavy atom. The van der Waals surface area contributed by atoms with Crippen LogP contribution < -0.4 is 16.4 Å². The molecule has 4 N–H and O–H groups in total. The topological polar surface area (TPSA) is 76.4 Å². The van der Waals surface area contributed by atoms with Crippen molar-refractivity contribution in [2.45, 2.75) is 51.0 Å². The Hall–Kier alpha value is -1.75. The Kier molecular flexibility index (Phi) is 7.20. The first-order chi connectivity index (χ1) is 11.2. The predicted molar refractivity (Wildman–Crippen MR) is 94.8 cm³/mol. The van der Waals surface area contributed by atoms with Crippen LogP contribution in [0.5, 0.6) is 0 Å². The summed E-state index contributed by atoms with van der Waals surface area (Å²) in [7, 11) is 1.62. The molecule has 0 aromatic heterocycles. The van der Waals surface area contributed by atoms with E-state index in [9.17, 15) is 4.79 Å². The summed E-state index contributed by atoms with van der Waals surface area (Å²) in [5.41, 5.74) is 7.96. The number of carbonyl (C=O) groups excluding carboxylic acids is 1. The lowest BCUT2D eigenvalue weighted by Crippen LogP contribution is -2.29. The standard InChI is InChI=1S/C18H29N3O2/c1-23-12-11-20-18(22)16-13-14(19)9-10-17(16)21-15-7-5-3-2-4-6-8-15/h9-10,13,15,21H,2-8,11-12,19H2,1H3,(H,20,22). The molecule has 0 heterocycles. The minimum atomic E-state index is -0.109. The van der Waals surface area contributed by atoms with Gasteiger partial charge in [0.25, 0.3) is 5.91 Å². The van der Waals surface area contributed by atoms with Crippen LogP contribution >= 0.6 is 0 Å². The molecule has 1 aromatic rings. The summed E-state index contributed by atoms with van der Waals surface area (Å²) in [5, 5.41) is 6.44. The number of nitrogen functional groups attached to an aromatic ring is 1. The molecule has 1 saturated carbocycles. The van der Waals surface area contributed by atoms with Gasteiger partial charge in [0.2, 0.25) is 0 Å². The molecule has 1 aliphatic rings. The molecule has 5 nitrogen and oxygen atoms in total. The lowest BCUT2D eigenvalue weighted by molar-refractivity contribution is 0.0938. The molecule has 1 fully saturated rings. The SMILES string of the molecule is COCCNC(=O)c1cc(N)ccc1NC1CCCCCCC1. The Labute approximate surface area is 139 Å². The number of hydrogen-bond acceptors (Lipinski definition) is 4. The van der Waals surface area contributed by atoms with E-state index in [-0.39, 0.29) is 5.91 Å². The Balaban J connectivity index is 2.06. The van der Waals surface area contributed by atoms with Crippen LogP contribution in [0.25, 0.3) is 0 Å². The van der Waals surface area contributed by atoms with Crippen LogP contribution in [0.15, 0.2) is 18.2 Å². The number of nitrogens with two attached hydrogens (primary N) is 1. The van der Waals surface area contributed by atoms with Crippen molar-refractivity contribution in [3.05, 3.63) is 23.8 Å². The Morgan fingerprint density at radius 2 is 1.91 bits per heavy atom. The van der Waals surface area contributed by atoms with Gasteiger partial charge in [-0.3, -0.25) is 4.79 Å². The molecular weight excluding hydrogens is 290 g/mol. The molecule has 1 aromatic carbocycles. The van der Waals surface area contributed by atoms with Crippen molar-refractivity contribution in [3.63, 3.8) is 0 Å². The van der Waals surface area contributed by atoms with Gasteiger partial charge in [0.1, 0.15) is 0 Å². The quantitative estimate of drug-likeness (QED) is 0.556. The second-order valence-electron chi connectivity index (χ2n) is 6.24. The molecule has 0 spiro atoms. The molecule has 0 aliphatic heterocycles. The highest BCUT2D eigenvalue weighted by molar-refractivity contribution is 6.00. The molecule has 1 aliphatic carbocycles. The summed E-state index contributed by atoms with van der Waals surface area (Å²) in [6, 6.07) is 5.94. The van der Waals surface area contributed by atoms with Crippen LogP contribution in [-0.4, -0.2) is 32.2 Å². The summed E-state index contributed by atoms with van der Waals surface area (Å²) >= 11 is 0. The number of benzene rings is 1. The summed E-state index contributed by atoms with van der Waals surface area (Å²) in [5.74, 6) is -0.109. The van der Waals surface area contributed by atoms with Crippen LogP contribution in [0.2, 0.25) is 0 Å². The van der Waals surface area contributed by atoms with Crippen LogP contribution in [0.3, 0.4) is 0 Å². The molecule has 0 unspecified atom stereocenters. The summed E-state index contributed by atoms with van der Waals surface area (Å²) in [6.45, 7) is 0.993. The van der Waals surface area contributed by atoms with E-state index in [0.717, 1.165) is 18.5 Å². The third-order valence-corrected chi connectivity index (χ3v) is 4.34. The lowest BCUT2D eigenvalue weighted by Gasteiger charge is -2.23. The van der Waals surface area contributed by atoms with Crippen LogP contribution in [0.1, 0.15) is 55.3 Å². The van der Waals surface area contributed by atoms with E-state index in [4.69, 9.17) is 10.5 Å². The zero-order valence-corrected chi connectivity index (χ0v) is 14.1. The molecular formula is C18H29N3O2. The lowest BCUT2D eigenvalue weighted by atomic mass is 9.96. The number of ether oxygens (including phenoxy) is 1. The van der Waals surface area contributed by atoms with Crippen LogP contribution in [0.4, 0.5) is 11.4 Å². The van der Waals surface area contributed by atoms with Gasteiger partial charge < -0.3 is 21.1 Å². The molecule has 23 heavy (non-hydrogen) atoms. The maximum Gasteiger partial charge on any atom is 0.253 e. The van der Waals surface area contributed by atoms with Gasteiger partial charge in [0.05, 0.1) is 12.2 Å². The maximum atomic E-state index is 12.4. The Bertz CT molecular complexity index is 497. The zero-order valence-electron chi connectivity index (χ0n) is 14.1. The van der Waals surface area contributed by atoms with Gasteiger partial charge in [0.15, 0.2) is 0 Å². The van der Waals surface area contributed by atoms with Gasteiger partial charge in [0, 0.05) is 31.1 Å². The largest absolute Gasteiger partial charge is 0.399 e. The molecule has 0 saturated heterocycles. The van der Waals surface area contributed by atoms with E-state index < -0.39 is 0 Å². The Morgan fingerprint density at radius 3 is 2.61 bits per heavy atom. The molecule has 0 radical (unpaired) electrons. The number of amides is 1. The summed E-state index contributed by atoms with van der Waals surface area (Å²) in [6.07, 6.45) is 8.80. The van der Waals surface area contributed by atoms with Crippen LogP contribution in [-0.2, 0) is 4.74 Å². The first-order valence-corrected chi connectivity index (χ1v) is 8.64. The maximum absolute atomic E-state index is 12.4. The molecule has 0 atom stereocenters. The number of anilines is 2. The molecule has 0 bridgehead atoms. The van der Waals surface area contributed by atoms with Gasteiger partial charge in [-0.2, -0.15) is 0 Å². The zero-order chi connectivity index (χ0) is 16.5. The van der Waals surface area contributed by atoms with Crippen molar-refractivity contribution < 1.29 is 9.53 Å². The highest BCUT2D eigenvalue weighted by Crippen LogP contribution is 2.24. The van der Waals surface area contributed by atoms with Gasteiger partial charge in [-0.25, -0.2) is 0 Å². The van der Waals surface area contributed by atoms with Gasteiger partial charge in [-0.1, -0.05) is 32.1 Å². The number of rotatable bonds is 6. The average molecular weight is 319 g/mol. The smallest absolute Gasteiger partial charge is 0.253 e. The van der Waals surface area contributed by atoms with Crippen LogP contribution in [0, 0.1) is 0 Å². The molecule has 5 heteroatoms. The van der Waals surface area contributed by atoms with Gasteiger partial charge >= 0.3 is 0 Å². The van der Waals surface area contributed by atoms with E-state index in [0.29, 0.717) is 30.4 Å². The normalized spacial score (nSPS) is 16.4. The number of nitrogens with one attached hydrogen (secondary N) is 2. The van der Waals surface area contributed by atoms with Crippen molar-refractivity contribution in [1.82, 2.24) is 5.32 Å². The minimum Gasteiger partial charge on any atom is -0.399 e. The average Bonchev–Trinajstić information content (AvgIpc) is 2.51. The van der Waals surface area contributed by atoms with Gasteiger partial charge in [-0.05, 0) is 31.0 Å². The van der Waals surface area contributed by atoms with E-state index in [1.807, 2.05) is 12.1 Å². The molecule has 1 amide bonds. The highest BCUT2D eigenvalue weighted by atomic mass is 16.5. The fraction of sp³-hybridized carbons (Fsp3) is 0.611. The molecule has 2 rings (SSSR count). The third kappa shape index (κ3) is 5.75. The summed E-state index contributed by atoms with van der Waals surface area (Å²) < 4.78 is 4.97. The van der Waals surface area contributed by atoms with E-state index in [1.165, 1.54) is 32.1 Å². The fourth-order valence-corrected chi connectivity index (χ4v) is 3.06. The second kappa shape index (κ2) is 9.40. The van der Waals surface area contributed by atoms with E-state index in [2.05, 4.69) is 10.6 Å². The number of carbonyl (C=O) groups is 1. The molecule has 128 valence electrons. The van der Waals surface area contributed by atoms with Gasteiger partial charge in [-0.15, -0.1) is 0 Å². The monoisotopic (exact) mass is 319 g/mol. The van der Waals surface area contributed by atoms with Crippen molar-refractivity contribution in [2.75, 3.05) is 31.3 Å². The third-order valence-electron chi connectivity index (χ3n) is 4.34. The minimum absolute atomic E-state index is 0.109. The van der Waals surface area contributed by atoms with Crippen molar-refractivity contribution >= 4 is 17.3 Å². The predicted octanol–water partition coefficient (Wildman–Crippen LogP) is 3.17. The fourth-order valence-electron chi connectivity index (χ4n) is 3.06. The van der Waals surface area contributed by atoms with Crippen molar-refractivity contribution in [3.8, 4) is 0 Å². The first kappa shape index (κ1) is 17.6.